The van der Waals surface area contributed by atoms with E-state index < -0.39 is 0 Å². The molecular formula is C25H29N3OS. The molecule has 0 aliphatic carbocycles. The molecule has 1 atom stereocenters. The molecule has 0 bridgehead atoms. The molecule has 4 nitrogen and oxygen atoms in total. The zero-order valence-corrected chi connectivity index (χ0v) is 19.0. The van der Waals surface area contributed by atoms with Crippen molar-refractivity contribution in [2.75, 3.05) is 13.2 Å². The Labute approximate surface area is 182 Å². The van der Waals surface area contributed by atoms with Crippen molar-refractivity contribution in [1.82, 2.24) is 4.68 Å². The molecule has 4 rings (SSSR count). The van der Waals surface area contributed by atoms with Gasteiger partial charge in [0.15, 0.2) is 0 Å². The van der Waals surface area contributed by atoms with Crippen molar-refractivity contribution in [2.45, 2.75) is 46.6 Å². The molecule has 1 aromatic heterocycles. The van der Waals surface area contributed by atoms with Gasteiger partial charge in [0.05, 0.1) is 24.6 Å². The third kappa shape index (κ3) is 4.63. The molecule has 1 aliphatic heterocycles. The predicted molar refractivity (Wildman–Crippen MR) is 126 cm³/mol. The summed E-state index contributed by atoms with van der Waals surface area (Å²) in [5.74, 6) is 0. The van der Waals surface area contributed by atoms with E-state index in [1.807, 2.05) is 10.9 Å². The maximum absolute atomic E-state index is 5.76. The van der Waals surface area contributed by atoms with Gasteiger partial charge in [-0.25, -0.2) is 4.68 Å². The first-order chi connectivity index (χ1) is 14.5. The minimum Gasteiger partial charge on any atom is -0.376 e. The topological polar surface area (TPSA) is 38.9 Å². The van der Waals surface area contributed by atoms with Gasteiger partial charge in [-0.1, -0.05) is 35.9 Å². The Bertz CT molecular complexity index is 1120. The number of rotatable bonds is 5. The van der Waals surface area contributed by atoms with Crippen LogP contribution in [0, 0.1) is 27.7 Å². The fourth-order valence-electron chi connectivity index (χ4n) is 3.69. The van der Waals surface area contributed by atoms with Gasteiger partial charge in [-0.15, -0.1) is 11.3 Å². The lowest BCUT2D eigenvalue weighted by Crippen LogP contribution is -2.17. The van der Waals surface area contributed by atoms with E-state index in [0.717, 1.165) is 35.5 Å². The van der Waals surface area contributed by atoms with Crippen LogP contribution in [0.25, 0.3) is 11.3 Å². The molecule has 1 unspecified atom stereocenters. The normalized spacial score (nSPS) is 17.3. The molecule has 1 aliphatic rings. The average Bonchev–Trinajstić information content (AvgIpc) is 3.38. The number of hydrogen-bond acceptors (Lipinski definition) is 4. The highest BCUT2D eigenvalue weighted by molar-refractivity contribution is 7.07. The maximum Gasteiger partial charge on any atom is 0.206 e. The van der Waals surface area contributed by atoms with Crippen molar-refractivity contribution in [3.8, 4) is 11.3 Å². The highest BCUT2D eigenvalue weighted by Gasteiger charge is 2.16. The van der Waals surface area contributed by atoms with Crippen molar-refractivity contribution in [3.63, 3.8) is 0 Å². The lowest BCUT2D eigenvalue weighted by molar-refractivity contribution is 0.117. The van der Waals surface area contributed by atoms with Gasteiger partial charge in [0.25, 0.3) is 0 Å². The van der Waals surface area contributed by atoms with Crippen LogP contribution in [-0.2, 0) is 4.74 Å². The fraction of sp³-hybridized carbons (Fsp3) is 0.360. The first-order valence-electron chi connectivity index (χ1n) is 10.5. The molecule has 1 fully saturated rings. The van der Waals surface area contributed by atoms with Crippen molar-refractivity contribution < 1.29 is 4.74 Å². The Kier molecular flexibility index (Phi) is 6.30. The van der Waals surface area contributed by atoms with Gasteiger partial charge in [-0.2, -0.15) is 5.10 Å². The van der Waals surface area contributed by atoms with Gasteiger partial charge in [0.2, 0.25) is 4.80 Å². The van der Waals surface area contributed by atoms with E-state index in [1.165, 1.54) is 27.8 Å². The number of aromatic nitrogens is 1. The maximum atomic E-state index is 5.76. The van der Waals surface area contributed by atoms with Crippen LogP contribution in [0.4, 0.5) is 0 Å². The molecule has 0 N–H and O–H groups in total. The molecule has 156 valence electrons. The van der Waals surface area contributed by atoms with E-state index in [9.17, 15) is 0 Å². The second kappa shape index (κ2) is 9.11. The number of thiazole rings is 1. The third-order valence-electron chi connectivity index (χ3n) is 5.66. The summed E-state index contributed by atoms with van der Waals surface area (Å²) >= 11 is 1.64. The number of nitrogens with zero attached hydrogens (tertiary/aromatic N) is 3. The summed E-state index contributed by atoms with van der Waals surface area (Å²) in [5.41, 5.74) is 8.45. The van der Waals surface area contributed by atoms with Crippen LogP contribution >= 0.6 is 11.3 Å². The largest absolute Gasteiger partial charge is 0.376 e. The Balaban J connectivity index is 1.77. The standard InChI is InChI=1S/C25H29N3OS/c1-17-7-9-21(10-8-17)14-27-28-24(23-13-19(3)18(2)12-20(23)4)16-30-25(28)26-15-22-6-5-11-29-22/h7-10,12-14,16,22H,5-6,11,15H2,1-4H3. The molecule has 0 spiro atoms. The van der Waals surface area contributed by atoms with Gasteiger partial charge >= 0.3 is 0 Å². The van der Waals surface area contributed by atoms with Crippen LogP contribution in [0.3, 0.4) is 0 Å². The van der Waals surface area contributed by atoms with E-state index in [2.05, 4.69) is 69.5 Å². The summed E-state index contributed by atoms with van der Waals surface area (Å²) in [6, 6.07) is 12.9. The smallest absolute Gasteiger partial charge is 0.206 e. The molecule has 2 heterocycles. The van der Waals surface area contributed by atoms with E-state index >= 15 is 0 Å². The molecule has 2 aromatic carbocycles. The molecule has 0 amide bonds. The van der Waals surface area contributed by atoms with Crippen LogP contribution < -0.4 is 4.80 Å². The Hall–Kier alpha value is -2.50. The van der Waals surface area contributed by atoms with E-state index in [0.29, 0.717) is 6.54 Å². The Morgan fingerprint density at radius 2 is 1.83 bits per heavy atom. The third-order valence-corrected chi connectivity index (χ3v) is 6.51. The zero-order chi connectivity index (χ0) is 21.1. The van der Waals surface area contributed by atoms with Gasteiger partial charge in [0.1, 0.15) is 0 Å². The zero-order valence-electron chi connectivity index (χ0n) is 18.2. The van der Waals surface area contributed by atoms with Crippen LogP contribution in [0.2, 0.25) is 0 Å². The second-order valence-corrected chi connectivity index (χ2v) is 8.93. The average molecular weight is 420 g/mol. The van der Waals surface area contributed by atoms with E-state index in [1.54, 1.807) is 11.3 Å². The van der Waals surface area contributed by atoms with Crippen LogP contribution in [-0.4, -0.2) is 30.1 Å². The second-order valence-electron chi connectivity index (χ2n) is 8.10. The molecular weight excluding hydrogens is 390 g/mol. The fourth-order valence-corrected chi connectivity index (χ4v) is 4.52. The molecule has 3 aromatic rings. The highest BCUT2D eigenvalue weighted by Crippen LogP contribution is 2.27. The predicted octanol–water partition coefficient (Wildman–Crippen LogP) is 5.41. The quantitative estimate of drug-likeness (QED) is 0.510. The number of aryl methyl sites for hydroxylation is 4. The lowest BCUT2D eigenvalue weighted by Gasteiger charge is -2.11. The van der Waals surface area contributed by atoms with Crippen LogP contribution in [0.1, 0.15) is 40.7 Å². The Morgan fingerprint density at radius 3 is 2.57 bits per heavy atom. The van der Waals surface area contributed by atoms with Crippen molar-refractivity contribution >= 4 is 17.6 Å². The summed E-state index contributed by atoms with van der Waals surface area (Å²) in [7, 11) is 0. The Morgan fingerprint density at radius 1 is 1.07 bits per heavy atom. The minimum atomic E-state index is 0.230. The van der Waals surface area contributed by atoms with E-state index in [4.69, 9.17) is 14.8 Å². The van der Waals surface area contributed by atoms with Gasteiger partial charge < -0.3 is 4.74 Å². The SMILES string of the molecule is Cc1ccc(C=Nn2c(-c3cc(C)c(C)cc3C)csc2=NCC2CCCO2)cc1. The minimum absolute atomic E-state index is 0.230. The summed E-state index contributed by atoms with van der Waals surface area (Å²) in [6.07, 6.45) is 4.36. The van der Waals surface area contributed by atoms with Crippen LogP contribution in [0.5, 0.6) is 0 Å². The molecule has 5 heteroatoms. The highest BCUT2D eigenvalue weighted by atomic mass is 32.1. The van der Waals surface area contributed by atoms with Crippen molar-refractivity contribution in [3.05, 3.63) is 74.4 Å². The van der Waals surface area contributed by atoms with E-state index in [-0.39, 0.29) is 6.10 Å². The van der Waals surface area contributed by atoms with Crippen LogP contribution in [0.15, 0.2) is 51.9 Å². The number of benzene rings is 2. The molecule has 0 saturated carbocycles. The molecule has 30 heavy (non-hydrogen) atoms. The first kappa shape index (κ1) is 20.8. The first-order valence-corrected chi connectivity index (χ1v) is 11.4. The van der Waals surface area contributed by atoms with Gasteiger partial charge in [-0.3, -0.25) is 4.99 Å². The number of ether oxygens (including phenoxy) is 1. The summed E-state index contributed by atoms with van der Waals surface area (Å²) in [5, 5.41) is 7.01. The summed E-state index contributed by atoms with van der Waals surface area (Å²) in [6.45, 7) is 10.1. The lowest BCUT2D eigenvalue weighted by atomic mass is 9.99. The monoisotopic (exact) mass is 419 g/mol. The van der Waals surface area contributed by atoms with Gasteiger partial charge in [-0.05, 0) is 68.9 Å². The summed E-state index contributed by atoms with van der Waals surface area (Å²) < 4.78 is 7.74. The molecule has 0 radical (unpaired) electrons. The molecule has 1 saturated heterocycles. The van der Waals surface area contributed by atoms with Crippen molar-refractivity contribution in [2.24, 2.45) is 10.1 Å². The van der Waals surface area contributed by atoms with Gasteiger partial charge in [0, 0.05) is 17.6 Å². The van der Waals surface area contributed by atoms with Crippen molar-refractivity contribution in [1.29, 1.82) is 0 Å². The number of hydrogen-bond donors (Lipinski definition) is 0. The summed E-state index contributed by atoms with van der Waals surface area (Å²) in [4.78, 5) is 5.78.